The van der Waals surface area contributed by atoms with Crippen LogP contribution in [-0.4, -0.2) is 8.35 Å². The van der Waals surface area contributed by atoms with Gasteiger partial charge in [-0.15, -0.1) is 0 Å². The van der Waals surface area contributed by atoms with E-state index in [4.69, 9.17) is 0 Å². The van der Waals surface area contributed by atoms with Crippen LogP contribution in [0.3, 0.4) is 0 Å². The number of halogens is 2. The number of alkyl halides is 2. The Balaban J connectivity index is 3.14. The molecule has 1 unspecified atom stereocenters. The molecule has 0 aromatic carbocycles. The molecule has 0 aliphatic carbocycles. The largest absolute Gasteiger partial charge is 0.0852 e. The summed E-state index contributed by atoms with van der Waals surface area (Å²) >= 11 is 4.91. The molecule has 0 aliphatic rings. The molecule has 0 N–H and O–H groups in total. The van der Waals surface area contributed by atoms with Crippen LogP contribution in [0, 0.1) is 5.92 Å². The van der Waals surface area contributed by atoms with Gasteiger partial charge in [-0.2, -0.15) is 0 Å². The van der Waals surface area contributed by atoms with Gasteiger partial charge in [0, 0.05) is 8.35 Å². The van der Waals surface area contributed by atoms with Crippen LogP contribution in [0.25, 0.3) is 0 Å². The molecule has 0 aromatic rings. The monoisotopic (exact) mass is 324 g/mol. The molecule has 0 aliphatic heterocycles. The highest BCUT2D eigenvalue weighted by Crippen LogP contribution is 2.14. The van der Waals surface area contributed by atoms with E-state index in [1.165, 1.54) is 4.43 Å². The zero-order chi connectivity index (χ0) is 5.86. The third kappa shape index (κ3) is 4.00. The summed E-state index contributed by atoms with van der Waals surface area (Å²) in [5.41, 5.74) is 0. The Kier molecular flexibility index (Phi) is 5.26. The molecule has 0 radical (unpaired) electrons. The van der Waals surface area contributed by atoms with Crippen LogP contribution in [0.5, 0.6) is 0 Å². The van der Waals surface area contributed by atoms with Crippen LogP contribution < -0.4 is 0 Å². The van der Waals surface area contributed by atoms with E-state index in [1.54, 1.807) is 0 Å². The summed E-state index contributed by atoms with van der Waals surface area (Å²) in [6, 6.07) is 0. The molecule has 0 fully saturated rings. The molecule has 1 atom stereocenters. The van der Waals surface area contributed by atoms with E-state index in [0.717, 1.165) is 9.84 Å². The second kappa shape index (κ2) is 4.35. The highest BCUT2D eigenvalue weighted by Gasteiger charge is 2.04. The minimum absolute atomic E-state index is 0.845. The number of rotatable bonds is 2. The fraction of sp³-hybridized carbons (Fsp3) is 1.00. The Labute approximate surface area is 72.7 Å². The molecule has 0 spiro atoms. The molecule has 7 heavy (non-hydrogen) atoms. The van der Waals surface area contributed by atoms with Crippen molar-refractivity contribution >= 4 is 45.2 Å². The first-order chi connectivity index (χ1) is 3.18. The van der Waals surface area contributed by atoms with Gasteiger partial charge in [0.15, 0.2) is 0 Å². The highest BCUT2D eigenvalue weighted by molar-refractivity contribution is 14.1. The Morgan fingerprint density at radius 2 is 1.86 bits per heavy atom. The van der Waals surface area contributed by atoms with Gasteiger partial charge < -0.3 is 0 Å². The zero-order valence-corrected chi connectivity index (χ0v) is 8.93. The highest BCUT2D eigenvalue weighted by atomic mass is 127. The topological polar surface area (TPSA) is 0 Å². The van der Waals surface area contributed by atoms with Crippen molar-refractivity contribution in [2.24, 2.45) is 5.92 Å². The fourth-order valence-corrected chi connectivity index (χ4v) is 1.20. The van der Waals surface area contributed by atoms with Gasteiger partial charge in [-0.1, -0.05) is 59.0 Å². The van der Waals surface area contributed by atoms with Crippen molar-refractivity contribution in [1.82, 2.24) is 0 Å². The zero-order valence-electron chi connectivity index (χ0n) is 4.62. The molecule has 0 aromatic heterocycles. The lowest BCUT2D eigenvalue weighted by atomic mass is 10.2. The summed E-state index contributed by atoms with van der Waals surface area (Å²) in [4.78, 5) is 0. The van der Waals surface area contributed by atoms with Crippen LogP contribution in [0.2, 0.25) is 0 Å². The summed E-state index contributed by atoms with van der Waals surface area (Å²) < 4.78 is 2.13. The molecule has 2 heteroatoms. The predicted octanol–water partition coefficient (Wildman–Crippen LogP) is 2.88. The van der Waals surface area contributed by atoms with E-state index in [-0.39, 0.29) is 0 Å². The lowest BCUT2D eigenvalue weighted by Gasteiger charge is -2.07. The normalized spacial score (nSPS) is 15.0. The van der Waals surface area contributed by atoms with Crippen molar-refractivity contribution in [2.45, 2.75) is 17.8 Å². The lowest BCUT2D eigenvalue weighted by Crippen LogP contribution is -2.06. The van der Waals surface area contributed by atoms with Crippen molar-refractivity contribution in [2.75, 3.05) is 4.43 Å². The Morgan fingerprint density at radius 3 is 1.86 bits per heavy atom. The van der Waals surface area contributed by atoms with Crippen LogP contribution >= 0.6 is 45.2 Å². The number of hydrogen-bond acceptors (Lipinski definition) is 0. The average Bonchev–Trinajstić information content (AvgIpc) is 1.65. The molecule has 44 valence electrons. The minimum Gasteiger partial charge on any atom is -0.0852 e. The first kappa shape index (κ1) is 8.46. The van der Waals surface area contributed by atoms with Gasteiger partial charge in [-0.3, -0.25) is 0 Å². The molecule has 0 heterocycles. The summed E-state index contributed by atoms with van der Waals surface area (Å²) in [7, 11) is 0. The van der Waals surface area contributed by atoms with E-state index in [2.05, 4.69) is 59.0 Å². The summed E-state index contributed by atoms with van der Waals surface area (Å²) in [5, 5.41) is 0. The first-order valence-electron chi connectivity index (χ1n) is 2.38. The molecule has 0 rings (SSSR count). The molecule has 0 amide bonds. The third-order valence-corrected chi connectivity index (χ3v) is 5.38. The van der Waals surface area contributed by atoms with E-state index in [0.29, 0.717) is 0 Å². The van der Waals surface area contributed by atoms with Gasteiger partial charge in [0.2, 0.25) is 0 Å². The van der Waals surface area contributed by atoms with E-state index >= 15 is 0 Å². The quantitative estimate of drug-likeness (QED) is 0.541. The Bertz CT molecular complexity index is 43.3. The Morgan fingerprint density at radius 1 is 1.43 bits per heavy atom. The standard InChI is InChI=1S/C5H10I2/c1-4(2)5(7)3-6/h4-5H,3H2,1-2H3. The van der Waals surface area contributed by atoms with E-state index < -0.39 is 0 Å². The van der Waals surface area contributed by atoms with Crippen molar-refractivity contribution in [3.05, 3.63) is 0 Å². The van der Waals surface area contributed by atoms with Crippen LogP contribution in [-0.2, 0) is 0 Å². The molecule has 0 bridgehead atoms. The van der Waals surface area contributed by atoms with Gasteiger partial charge in [0.1, 0.15) is 0 Å². The third-order valence-electron chi connectivity index (χ3n) is 0.871. The second-order valence-electron chi connectivity index (χ2n) is 1.91. The minimum atomic E-state index is 0.845. The van der Waals surface area contributed by atoms with Gasteiger partial charge in [0.05, 0.1) is 0 Å². The average molecular weight is 324 g/mol. The lowest BCUT2D eigenvalue weighted by molar-refractivity contribution is 0.671. The molecular formula is C5H10I2. The summed E-state index contributed by atoms with van der Waals surface area (Å²) in [5.74, 6) is 0.845. The van der Waals surface area contributed by atoms with Gasteiger partial charge in [-0.05, 0) is 5.92 Å². The van der Waals surface area contributed by atoms with Gasteiger partial charge >= 0.3 is 0 Å². The summed E-state index contributed by atoms with van der Waals surface area (Å²) in [6.07, 6.45) is 0. The summed E-state index contributed by atoms with van der Waals surface area (Å²) in [6.45, 7) is 4.52. The maximum Gasteiger partial charge on any atom is 0.0222 e. The fourth-order valence-electron chi connectivity index (χ4n) is 0.178. The van der Waals surface area contributed by atoms with E-state index in [9.17, 15) is 0 Å². The predicted molar refractivity (Wildman–Crippen MR) is 51.5 cm³/mol. The van der Waals surface area contributed by atoms with Crippen LogP contribution in [0.15, 0.2) is 0 Å². The maximum absolute atomic E-state index is 2.49. The Hall–Kier alpha value is 1.46. The smallest absolute Gasteiger partial charge is 0.0222 e. The van der Waals surface area contributed by atoms with E-state index in [1.807, 2.05) is 0 Å². The molecular weight excluding hydrogens is 314 g/mol. The van der Waals surface area contributed by atoms with Crippen LogP contribution in [0.4, 0.5) is 0 Å². The van der Waals surface area contributed by atoms with Crippen molar-refractivity contribution in [3.63, 3.8) is 0 Å². The van der Waals surface area contributed by atoms with Crippen molar-refractivity contribution in [3.8, 4) is 0 Å². The van der Waals surface area contributed by atoms with Crippen molar-refractivity contribution in [1.29, 1.82) is 0 Å². The number of hydrogen-bond donors (Lipinski definition) is 0. The molecule has 0 saturated heterocycles. The van der Waals surface area contributed by atoms with Gasteiger partial charge in [0.25, 0.3) is 0 Å². The van der Waals surface area contributed by atoms with Gasteiger partial charge in [-0.25, -0.2) is 0 Å². The van der Waals surface area contributed by atoms with Crippen molar-refractivity contribution < 1.29 is 0 Å². The van der Waals surface area contributed by atoms with Crippen LogP contribution in [0.1, 0.15) is 13.8 Å². The second-order valence-corrected chi connectivity index (χ2v) is 4.40. The molecule has 0 saturated carbocycles. The maximum atomic E-state index is 2.49. The first-order valence-corrected chi connectivity index (χ1v) is 5.15. The SMILES string of the molecule is CC(C)C(I)CI. The molecule has 0 nitrogen and oxygen atoms in total.